The lowest BCUT2D eigenvalue weighted by molar-refractivity contribution is -0.153. The van der Waals surface area contributed by atoms with Crippen LogP contribution in [0.15, 0.2) is 24.3 Å². The number of amides is 2. The number of benzene rings is 1. The van der Waals surface area contributed by atoms with E-state index in [2.05, 4.69) is 33.9 Å². The van der Waals surface area contributed by atoms with Crippen LogP contribution in [0.3, 0.4) is 0 Å². The Hall–Kier alpha value is -2.19. The second-order valence-corrected chi connectivity index (χ2v) is 16.0. The molecule has 0 saturated carbocycles. The molecular formula is C24H36N2O5Si. The van der Waals surface area contributed by atoms with Crippen LogP contribution >= 0.6 is 0 Å². The molecule has 1 saturated heterocycles. The van der Waals surface area contributed by atoms with Crippen LogP contribution in [0.5, 0.6) is 0 Å². The second kappa shape index (κ2) is 8.30. The average Bonchev–Trinajstić information content (AvgIpc) is 3.03. The second-order valence-electron chi connectivity index (χ2n) is 11.2. The Morgan fingerprint density at radius 1 is 1.09 bits per heavy atom. The molecule has 2 amide bonds. The van der Waals surface area contributed by atoms with Gasteiger partial charge in [0.1, 0.15) is 18.2 Å². The van der Waals surface area contributed by atoms with E-state index >= 15 is 0 Å². The van der Waals surface area contributed by atoms with Crippen molar-refractivity contribution in [2.75, 3.05) is 18.0 Å². The molecule has 2 heterocycles. The van der Waals surface area contributed by atoms with Crippen molar-refractivity contribution in [2.45, 2.75) is 83.8 Å². The molecule has 2 aliphatic heterocycles. The number of rotatable bonds is 4. The summed E-state index contributed by atoms with van der Waals surface area (Å²) in [5.74, 6) is -0.976. The van der Waals surface area contributed by atoms with Gasteiger partial charge in [-0.05, 0) is 51.0 Å². The maximum Gasteiger partial charge on any atom is 0.326 e. The van der Waals surface area contributed by atoms with Crippen LogP contribution in [-0.2, 0) is 18.8 Å². The molecule has 1 fully saturated rings. The molecular weight excluding hydrogens is 424 g/mol. The largest absolute Gasteiger partial charge is 0.459 e. The summed E-state index contributed by atoms with van der Waals surface area (Å²) in [4.78, 5) is 42.7. The summed E-state index contributed by atoms with van der Waals surface area (Å²) >= 11 is 0. The number of carbonyl (C=O) groups is 3. The highest BCUT2D eigenvalue weighted by Gasteiger charge is 2.49. The minimum atomic E-state index is -2.07. The van der Waals surface area contributed by atoms with Crippen molar-refractivity contribution < 1.29 is 23.5 Å². The van der Waals surface area contributed by atoms with E-state index in [1.54, 1.807) is 49.9 Å². The van der Waals surface area contributed by atoms with Gasteiger partial charge in [0.05, 0.1) is 17.4 Å². The Morgan fingerprint density at radius 2 is 1.72 bits per heavy atom. The third kappa shape index (κ3) is 4.91. The number of fused-ring (bicyclic) bond motifs is 2. The Labute approximate surface area is 192 Å². The van der Waals surface area contributed by atoms with Crippen LogP contribution in [0.25, 0.3) is 0 Å². The van der Waals surface area contributed by atoms with E-state index in [4.69, 9.17) is 9.16 Å². The van der Waals surface area contributed by atoms with E-state index in [1.807, 2.05) is 0 Å². The van der Waals surface area contributed by atoms with Gasteiger partial charge in [-0.1, -0.05) is 32.9 Å². The SMILES string of the molecule is CC(C)(C)OC(=O)CN1C(=O)[C@@H]2C[C@@H](O[Si](C)(C)C(C)(C)C)CN2C(=O)c2ccccc21. The molecule has 32 heavy (non-hydrogen) atoms. The first kappa shape index (κ1) is 24.4. The molecule has 7 nitrogen and oxygen atoms in total. The summed E-state index contributed by atoms with van der Waals surface area (Å²) in [6, 6.07) is 6.29. The van der Waals surface area contributed by atoms with Gasteiger partial charge in [0.15, 0.2) is 8.32 Å². The summed E-state index contributed by atoms with van der Waals surface area (Å²) in [6.07, 6.45) is 0.220. The molecule has 0 radical (unpaired) electrons. The number of hydrogen-bond acceptors (Lipinski definition) is 5. The van der Waals surface area contributed by atoms with Gasteiger partial charge in [-0.15, -0.1) is 0 Å². The standard InChI is InChI=1S/C24H36N2O5Si/c1-23(2,3)30-20(27)15-26-18-12-10-9-11-17(18)21(28)25-14-16(13-19(25)22(26)29)31-32(7,8)24(4,5)6/h9-12,16,19H,13-15H2,1-8H3/t16-,19+/m1/s1. The minimum absolute atomic E-state index is 0.0242. The maximum absolute atomic E-state index is 13.6. The molecule has 1 aromatic rings. The van der Waals surface area contributed by atoms with Crippen LogP contribution in [0.2, 0.25) is 18.1 Å². The Bertz CT molecular complexity index is 916. The van der Waals surface area contributed by atoms with Gasteiger partial charge in [-0.25, -0.2) is 0 Å². The number of carbonyl (C=O) groups excluding carboxylic acids is 3. The fourth-order valence-electron chi connectivity index (χ4n) is 3.94. The summed E-state index contributed by atoms with van der Waals surface area (Å²) in [5, 5.41) is 0.0242. The van der Waals surface area contributed by atoms with Crippen molar-refractivity contribution in [3.8, 4) is 0 Å². The zero-order valence-electron chi connectivity index (χ0n) is 20.5. The number of esters is 1. The highest BCUT2D eigenvalue weighted by molar-refractivity contribution is 6.74. The average molecular weight is 461 g/mol. The molecule has 0 aromatic heterocycles. The van der Waals surface area contributed by atoms with E-state index in [1.165, 1.54) is 4.90 Å². The van der Waals surface area contributed by atoms with Crippen LogP contribution in [0, 0.1) is 0 Å². The number of anilines is 1. The first-order valence-electron chi connectivity index (χ1n) is 11.2. The molecule has 8 heteroatoms. The van der Waals surface area contributed by atoms with E-state index in [0.717, 1.165) is 0 Å². The first-order valence-corrected chi connectivity index (χ1v) is 14.1. The lowest BCUT2D eigenvalue weighted by atomic mass is 10.1. The highest BCUT2D eigenvalue weighted by Crippen LogP contribution is 2.40. The summed E-state index contributed by atoms with van der Waals surface area (Å²) in [6.45, 7) is 16.3. The van der Waals surface area contributed by atoms with Gasteiger partial charge in [-0.2, -0.15) is 0 Å². The van der Waals surface area contributed by atoms with Gasteiger partial charge in [0.25, 0.3) is 5.91 Å². The number of ether oxygens (including phenoxy) is 1. The van der Waals surface area contributed by atoms with Crippen LogP contribution in [0.1, 0.15) is 58.3 Å². The van der Waals surface area contributed by atoms with Crippen molar-refractivity contribution in [3.63, 3.8) is 0 Å². The monoisotopic (exact) mass is 460 g/mol. The molecule has 0 spiro atoms. The molecule has 0 unspecified atom stereocenters. The molecule has 1 aromatic carbocycles. The molecule has 0 aliphatic carbocycles. The van der Waals surface area contributed by atoms with Crippen molar-refractivity contribution in [1.29, 1.82) is 0 Å². The quantitative estimate of drug-likeness (QED) is 0.502. The van der Waals surface area contributed by atoms with Gasteiger partial charge in [0, 0.05) is 13.0 Å². The van der Waals surface area contributed by atoms with E-state index in [-0.39, 0.29) is 29.5 Å². The van der Waals surface area contributed by atoms with Gasteiger partial charge in [-0.3, -0.25) is 19.3 Å². The summed E-state index contributed by atoms with van der Waals surface area (Å²) in [5.41, 5.74) is 0.201. The van der Waals surface area contributed by atoms with Gasteiger partial charge < -0.3 is 14.1 Å². The number of nitrogens with zero attached hydrogens (tertiary/aromatic N) is 2. The van der Waals surface area contributed by atoms with Crippen LogP contribution in [-0.4, -0.2) is 61.8 Å². The van der Waals surface area contributed by atoms with Crippen molar-refractivity contribution in [2.24, 2.45) is 0 Å². The van der Waals surface area contributed by atoms with Gasteiger partial charge in [0.2, 0.25) is 5.91 Å². The molecule has 3 rings (SSSR count). The molecule has 0 N–H and O–H groups in total. The lowest BCUT2D eigenvalue weighted by Crippen LogP contribution is -2.47. The van der Waals surface area contributed by atoms with E-state index < -0.39 is 25.9 Å². The zero-order chi connectivity index (χ0) is 24.1. The third-order valence-corrected chi connectivity index (χ3v) is 11.0. The fraction of sp³-hybridized carbons (Fsp3) is 0.625. The van der Waals surface area contributed by atoms with Crippen molar-refractivity contribution in [1.82, 2.24) is 4.90 Å². The Kier molecular flexibility index (Phi) is 6.34. The highest BCUT2D eigenvalue weighted by atomic mass is 28.4. The predicted octanol–water partition coefficient (Wildman–Crippen LogP) is 3.98. The summed E-state index contributed by atoms with van der Waals surface area (Å²) < 4.78 is 12.0. The first-order chi connectivity index (χ1) is 14.6. The van der Waals surface area contributed by atoms with E-state index in [0.29, 0.717) is 24.2 Å². The van der Waals surface area contributed by atoms with Crippen molar-refractivity contribution >= 4 is 31.8 Å². The molecule has 2 aliphatic rings. The predicted molar refractivity (Wildman–Crippen MR) is 126 cm³/mol. The smallest absolute Gasteiger partial charge is 0.326 e. The Balaban J connectivity index is 1.91. The summed E-state index contributed by atoms with van der Waals surface area (Å²) in [7, 11) is -2.07. The maximum atomic E-state index is 13.6. The third-order valence-electron chi connectivity index (χ3n) is 6.47. The van der Waals surface area contributed by atoms with Crippen LogP contribution < -0.4 is 4.90 Å². The minimum Gasteiger partial charge on any atom is -0.459 e. The zero-order valence-corrected chi connectivity index (χ0v) is 21.5. The molecule has 176 valence electrons. The van der Waals surface area contributed by atoms with Gasteiger partial charge >= 0.3 is 5.97 Å². The lowest BCUT2D eigenvalue weighted by Gasteiger charge is -2.38. The van der Waals surface area contributed by atoms with Crippen molar-refractivity contribution in [3.05, 3.63) is 29.8 Å². The van der Waals surface area contributed by atoms with Crippen LogP contribution in [0.4, 0.5) is 5.69 Å². The Morgan fingerprint density at radius 3 is 2.31 bits per heavy atom. The fourth-order valence-corrected chi connectivity index (χ4v) is 5.30. The molecule has 0 bridgehead atoms. The van der Waals surface area contributed by atoms with E-state index in [9.17, 15) is 14.4 Å². The number of hydrogen-bond donors (Lipinski definition) is 0. The normalized spacial score (nSPS) is 21.9. The molecule has 2 atom stereocenters. The number of para-hydroxylation sites is 1. The topological polar surface area (TPSA) is 76.2 Å².